The maximum atomic E-state index is 12.3. The third-order valence-corrected chi connectivity index (χ3v) is 3.79. The van der Waals surface area contributed by atoms with Gasteiger partial charge in [0.05, 0.1) is 6.04 Å². The molecule has 106 valence electrons. The van der Waals surface area contributed by atoms with Crippen molar-refractivity contribution in [1.29, 1.82) is 0 Å². The molecule has 3 heteroatoms. The molecule has 0 saturated carbocycles. The first-order valence-corrected chi connectivity index (χ1v) is 6.97. The van der Waals surface area contributed by atoms with E-state index in [1.54, 1.807) is 6.92 Å². The summed E-state index contributed by atoms with van der Waals surface area (Å²) in [5.41, 5.74) is 2.65. The lowest BCUT2D eigenvalue weighted by atomic mass is 9.97. The van der Waals surface area contributed by atoms with Crippen LogP contribution in [0.1, 0.15) is 24.1 Å². The van der Waals surface area contributed by atoms with Crippen LogP contribution in [0.5, 0.6) is 0 Å². The summed E-state index contributed by atoms with van der Waals surface area (Å²) in [4.78, 5) is 13.8. The zero-order valence-corrected chi connectivity index (χ0v) is 11.8. The van der Waals surface area contributed by atoms with Crippen molar-refractivity contribution in [2.45, 2.75) is 19.2 Å². The summed E-state index contributed by atoms with van der Waals surface area (Å²) in [6, 6.07) is 19.3. The van der Waals surface area contributed by atoms with Gasteiger partial charge in [-0.25, -0.2) is 0 Å². The second kappa shape index (κ2) is 5.54. The summed E-state index contributed by atoms with van der Waals surface area (Å²) in [5, 5.41) is 10.4. The quantitative estimate of drug-likeness (QED) is 0.938. The van der Waals surface area contributed by atoms with E-state index in [0.717, 1.165) is 11.1 Å². The lowest BCUT2D eigenvalue weighted by Crippen LogP contribution is -2.38. The molecular formula is C18H17NO2. The van der Waals surface area contributed by atoms with E-state index in [-0.39, 0.29) is 11.9 Å². The largest absolute Gasteiger partial charge is 0.369 e. The van der Waals surface area contributed by atoms with Crippen LogP contribution in [-0.2, 0) is 4.79 Å². The molecule has 0 saturated heterocycles. The minimum Gasteiger partial charge on any atom is -0.369 e. The van der Waals surface area contributed by atoms with Gasteiger partial charge in [0.15, 0.2) is 6.23 Å². The Balaban J connectivity index is 2.08. The highest BCUT2D eigenvalue weighted by molar-refractivity contribution is 5.92. The molecule has 0 aliphatic carbocycles. The molecule has 1 atom stereocenters. The van der Waals surface area contributed by atoms with Crippen LogP contribution in [0.4, 0.5) is 0 Å². The predicted octanol–water partition coefficient (Wildman–Crippen LogP) is 2.88. The van der Waals surface area contributed by atoms with Crippen molar-refractivity contribution in [3.05, 3.63) is 83.4 Å². The van der Waals surface area contributed by atoms with Crippen LogP contribution in [0.2, 0.25) is 0 Å². The smallest absolute Gasteiger partial charge is 0.249 e. The Morgan fingerprint density at radius 3 is 1.81 bits per heavy atom. The molecule has 0 fully saturated rings. The van der Waals surface area contributed by atoms with E-state index in [0.29, 0.717) is 5.57 Å². The Hall–Kier alpha value is -2.39. The Kier molecular flexibility index (Phi) is 3.59. The maximum absolute atomic E-state index is 12.3. The molecule has 1 aliphatic rings. The number of aliphatic hydroxyl groups is 1. The average Bonchev–Trinajstić information content (AvgIpc) is 2.76. The Morgan fingerprint density at radius 2 is 1.43 bits per heavy atom. The topological polar surface area (TPSA) is 40.5 Å². The highest BCUT2D eigenvalue weighted by Gasteiger charge is 2.36. The first-order valence-electron chi connectivity index (χ1n) is 6.97. The molecule has 2 aromatic rings. The van der Waals surface area contributed by atoms with Crippen molar-refractivity contribution in [3.8, 4) is 0 Å². The zero-order chi connectivity index (χ0) is 14.8. The van der Waals surface area contributed by atoms with Crippen LogP contribution < -0.4 is 0 Å². The van der Waals surface area contributed by atoms with Gasteiger partial charge in [0.25, 0.3) is 0 Å². The first kappa shape index (κ1) is 13.6. The molecule has 0 radical (unpaired) electrons. The van der Waals surface area contributed by atoms with Gasteiger partial charge in [0, 0.05) is 6.08 Å². The molecule has 3 rings (SSSR count). The second-order valence-corrected chi connectivity index (χ2v) is 5.23. The Labute approximate surface area is 124 Å². The standard InChI is InChI=1S/C18H17NO2/c1-13-12-16(20)19(18(13)21)17(14-8-4-2-5-9-14)15-10-6-3-7-11-15/h2-12,17-18,21H,1H3. The summed E-state index contributed by atoms with van der Waals surface area (Å²) in [7, 11) is 0. The van der Waals surface area contributed by atoms with Crippen molar-refractivity contribution >= 4 is 5.91 Å². The number of nitrogens with zero attached hydrogens (tertiary/aromatic N) is 1. The number of hydrogen-bond acceptors (Lipinski definition) is 2. The minimum atomic E-state index is -0.872. The highest BCUT2D eigenvalue weighted by Crippen LogP contribution is 2.34. The van der Waals surface area contributed by atoms with E-state index in [1.165, 1.54) is 11.0 Å². The number of carbonyl (C=O) groups is 1. The van der Waals surface area contributed by atoms with Crippen LogP contribution in [0, 0.1) is 0 Å². The fraction of sp³-hybridized carbons (Fsp3) is 0.167. The zero-order valence-electron chi connectivity index (χ0n) is 11.8. The van der Waals surface area contributed by atoms with E-state index in [2.05, 4.69) is 0 Å². The number of rotatable bonds is 3. The van der Waals surface area contributed by atoms with Crippen LogP contribution >= 0.6 is 0 Å². The number of carbonyl (C=O) groups excluding carboxylic acids is 1. The molecular weight excluding hydrogens is 262 g/mol. The molecule has 1 amide bonds. The van der Waals surface area contributed by atoms with E-state index in [9.17, 15) is 9.90 Å². The minimum absolute atomic E-state index is 0.155. The number of amides is 1. The maximum Gasteiger partial charge on any atom is 0.249 e. The molecule has 0 aromatic heterocycles. The van der Waals surface area contributed by atoms with Gasteiger partial charge >= 0.3 is 0 Å². The van der Waals surface area contributed by atoms with Crippen molar-refractivity contribution in [2.75, 3.05) is 0 Å². The second-order valence-electron chi connectivity index (χ2n) is 5.23. The van der Waals surface area contributed by atoms with Crippen LogP contribution in [0.25, 0.3) is 0 Å². The number of aliphatic hydroxyl groups excluding tert-OH is 1. The first-order chi connectivity index (χ1) is 10.2. The number of hydrogen-bond donors (Lipinski definition) is 1. The third-order valence-electron chi connectivity index (χ3n) is 3.79. The van der Waals surface area contributed by atoms with Gasteiger partial charge in [-0.3, -0.25) is 9.69 Å². The molecule has 3 nitrogen and oxygen atoms in total. The van der Waals surface area contributed by atoms with Crippen molar-refractivity contribution in [3.63, 3.8) is 0 Å². The summed E-state index contributed by atoms with van der Waals surface area (Å²) < 4.78 is 0. The van der Waals surface area contributed by atoms with E-state index < -0.39 is 6.23 Å². The van der Waals surface area contributed by atoms with Crippen molar-refractivity contribution in [1.82, 2.24) is 4.90 Å². The normalized spacial score (nSPS) is 18.2. The Morgan fingerprint density at radius 1 is 0.952 bits per heavy atom. The molecule has 1 aliphatic heterocycles. The molecule has 1 unspecified atom stereocenters. The SMILES string of the molecule is CC1=CC(=O)N(C(c2ccccc2)c2ccccc2)C1O. The van der Waals surface area contributed by atoms with E-state index >= 15 is 0 Å². The monoisotopic (exact) mass is 279 g/mol. The van der Waals surface area contributed by atoms with Gasteiger partial charge in [0.1, 0.15) is 0 Å². The van der Waals surface area contributed by atoms with E-state index in [1.807, 2.05) is 60.7 Å². The van der Waals surface area contributed by atoms with E-state index in [4.69, 9.17) is 0 Å². The molecule has 2 aromatic carbocycles. The van der Waals surface area contributed by atoms with Crippen LogP contribution in [0.15, 0.2) is 72.3 Å². The van der Waals surface area contributed by atoms with Gasteiger partial charge in [-0.2, -0.15) is 0 Å². The van der Waals surface area contributed by atoms with Gasteiger partial charge in [0.2, 0.25) is 5.91 Å². The third kappa shape index (κ3) is 2.48. The van der Waals surface area contributed by atoms with Crippen molar-refractivity contribution < 1.29 is 9.90 Å². The fourth-order valence-corrected chi connectivity index (χ4v) is 2.74. The molecule has 1 N–H and O–H groups in total. The molecule has 21 heavy (non-hydrogen) atoms. The van der Waals surface area contributed by atoms with Gasteiger partial charge < -0.3 is 5.11 Å². The average molecular weight is 279 g/mol. The lowest BCUT2D eigenvalue weighted by molar-refractivity contribution is -0.133. The van der Waals surface area contributed by atoms with Crippen LogP contribution in [0.3, 0.4) is 0 Å². The molecule has 0 spiro atoms. The molecule has 0 bridgehead atoms. The van der Waals surface area contributed by atoms with Gasteiger partial charge in [-0.05, 0) is 23.6 Å². The fourth-order valence-electron chi connectivity index (χ4n) is 2.74. The number of benzene rings is 2. The van der Waals surface area contributed by atoms with Gasteiger partial charge in [-0.15, -0.1) is 0 Å². The summed E-state index contributed by atoms with van der Waals surface area (Å²) in [5.74, 6) is -0.155. The van der Waals surface area contributed by atoms with Crippen LogP contribution in [-0.4, -0.2) is 22.1 Å². The lowest BCUT2D eigenvalue weighted by Gasteiger charge is -2.32. The summed E-state index contributed by atoms with van der Waals surface area (Å²) >= 11 is 0. The summed E-state index contributed by atoms with van der Waals surface area (Å²) in [6.45, 7) is 1.77. The summed E-state index contributed by atoms with van der Waals surface area (Å²) in [6.07, 6.45) is 0.631. The van der Waals surface area contributed by atoms with Crippen molar-refractivity contribution in [2.24, 2.45) is 0 Å². The predicted molar refractivity (Wildman–Crippen MR) is 81.3 cm³/mol. The highest BCUT2D eigenvalue weighted by atomic mass is 16.3. The van der Waals surface area contributed by atoms with Gasteiger partial charge in [-0.1, -0.05) is 60.7 Å². The molecule has 1 heterocycles. The Bertz CT molecular complexity index is 625.